The van der Waals surface area contributed by atoms with E-state index in [1.807, 2.05) is 30.3 Å². The highest BCUT2D eigenvalue weighted by molar-refractivity contribution is 7.89. The summed E-state index contributed by atoms with van der Waals surface area (Å²) in [5.74, 6) is -0.389. The molecule has 9 heteroatoms. The molecule has 1 unspecified atom stereocenters. The number of rotatable bonds is 8. The van der Waals surface area contributed by atoms with E-state index in [0.29, 0.717) is 13.2 Å². The quantitative estimate of drug-likeness (QED) is 0.722. The van der Waals surface area contributed by atoms with Crippen LogP contribution in [-0.4, -0.2) is 52.3 Å². The number of sulfonamides is 1. The Morgan fingerprint density at radius 2 is 1.86 bits per heavy atom. The van der Waals surface area contributed by atoms with E-state index in [1.165, 1.54) is 29.8 Å². The highest BCUT2D eigenvalue weighted by Gasteiger charge is 2.25. The molecular weight excluding hydrogens is 390 g/mol. The summed E-state index contributed by atoms with van der Waals surface area (Å²) in [6.45, 7) is -0.514. The molecule has 0 spiro atoms. The summed E-state index contributed by atoms with van der Waals surface area (Å²) in [4.78, 5) is 1.86. The molecule has 0 saturated carbocycles. The minimum atomic E-state index is -4.02. The molecule has 0 amide bonds. The first-order valence-electron chi connectivity index (χ1n) is 8.85. The lowest BCUT2D eigenvalue weighted by Gasteiger charge is -2.33. The van der Waals surface area contributed by atoms with Gasteiger partial charge in [-0.15, -0.1) is 0 Å². The fraction of sp³-hybridized carbons (Fsp3) is 0.368. The van der Waals surface area contributed by atoms with Crippen molar-refractivity contribution in [2.24, 2.45) is 0 Å². The minimum Gasteiger partial charge on any atom is -0.433 e. The van der Waals surface area contributed by atoms with Crippen molar-refractivity contribution < 1.29 is 26.7 Å². The zero-order valence-electron chi connectivity index (χ0n) is 15.1. The topological polar surface area (TPSA) is 67.9 Å². The molecule has 152 valence electrons. The molecule has 0 aromatic heterocycles. The second-order valence-corrected chi connectivity index (χ2v) is 8.13. The van der Waals surface area contributed by atoms with Gasteiger partial charge in [0.05, 0.1) is 12.7 Å². The lowest BCUT2D eigenvalue weighted by Crippen LogP contribution is -2.47. The van der Waals surface area contributed by atoms with Crippen LogP contribution < -0.4 is 9.46 Å². The number of benzene rings is 2. The van der Waals surface area contributed by atoms with Crippen molar-refractivity contribution in [3.8, 4) is 5.75 Å². The van der Waals surface area contributed by atoms with Crippen LogP contribution in [0.3, 0.4) is 0 Å². The number of hydrogen-bond donors (Lipinski definition) is 1. The second-order valence-electron chi connectivity index (χ2n) is 6.39. The molecule has 1 N–H and O–H groups in total. The lowest BCUT2D eigenvalue weighted by molar-refractivity contribution is -0.0517. The predicted molar refractivity (Wildman–Crippen MR) is 99.7 cm³/mol. The largest absolute Gasteiger partial charge is 0.433 e. The van der Waals surface area contributed by atoms with E-state index < -0.39 is 16.6 Å². The van der Waals surface area contributed by atoms with Gasteiger partial charge in [-0.3, -0.25) is 4.90 Å². The van der Waals surface area contributed by atoms with Gasteiger partial charge in [-0.25, -0.2) is 13.1 Å². The van der Waals surface area contributed by atoms with Crippen molar-refractivity contribution >= 4 is 10.0 Å². The molecule has 0 aliphatic carbocycles. The predicted octanol–water partition coefficient (Wildman–Crippen LogP) is 2.47. The Balaban J connectivity index is 1.60. The number of hydrogen-bond acceptors (Lipinski definition) is 5. The third kappa shape index (κ3) is 5.71. The Morgan fingerprint density at radius 3 is 2.61 bits per heavy atom. The normalized spacial score (nSPS) is 18.3. The molecule has 1 saturated heterocycles. The summed E-state index contributed by atoms with van der Waals surface area (Å²) < 4.78 is 62.5. The van der Waals surface area contributed by atoms with E-state index in [0.717, 1.165) is 13.1 Å². The van der Waals surface area contributed by atoms with Crippen LogP contribution in [0.4, 0.5) is 8.78 Å². The summed E-state index contributed by atoms with van der Waals surface area (Å²) in [6.07, 6.45) is -0.338. The van der Waals surface area contributed by atoms with E-state index >= 15 is 0 Å². The summed E-state index contributed by atoms with van der Waals surface area (Å²) in [7, 11) is -4.02. The molecule has 1 aliphatic rings. The van der Waals surface area contributed by atoms with Crippen molar-refractivity contribution in [2.45, 2.75) is 24.2 Å². The molecule has 1 fully saturated rings. The number of nitrogens with one attached hydrogen (secondary N) is 1. The molecular formula is C19H22F2N2O4S. The van der Waals surface area contributed by atoms with E-state index in [9.17, 15) is 17.2 Å². The molecule has 2 aromatic carbocycles. The fourth-order valence-corrected chi connectivity index (χ4v) is 4.23. The van der Waals surface area contributed by atoms with Gasteiger partial charge in [0.2, 0.25) is 10.0 Å². The molecule has 0 radical (unpaired) electrons. The van der Waals surface area contributed by atoms with Gasteiger partial charge in [-0.1, -0.05) is 42.5 Å². The van der Waals surface area contributed by atoms with Gasteiger partial charge in [0.1, 0.15) is 10.6 Å². The van der Waals surface area contributed by atoms with Crippen LogP contribution in [0, 0.1) is 0 Å². The van der Waals surface area contributed by atoms with Gasteiger partial charge in [-0.05, 0) is 17.7 Å². The third-order valence-electron chi connectivity index (χ3n) is 4.33. The zero-order valence-corrected chi connectivity index (χ0v) is 15.9. The standard InChI is InChI=1S/C19H22F2N2O4S/c20-19(21)27-17-8-4-5-9-18(17)28(24,25)22-12-16-14-23(10-11-26-16)13-15-6-2-1-3-7-15/h1-9,16,19,22H,10-14H2. The van der Waals surface area contributed by atoms with Gasteiger partial charge in [-0.2, -0.15) is 8.78 Å². The monoisotopic (exact) mass is 412 g/mol. The van der Waals surface area contributed by atoms with Crippen molar-refractivity contribution in [2.75, 3.05) is 26.2 Å². The van der Waals surface area contributed by atoms with Crippen LogP contribution in [0.5, 0.6) is 5.75 Å². The highest BCUT2D eigenvalue weighted by Crippen LogP contribution is 2.25. The molecule has 1 aliphatic heterocycles. The highest BCUT2D eigenvalue weighted by atomic mass is 32.2. The third-order valence-corrected chi connectivity index (χ3v) is 5.79. The SMILES string of the molecule is O=S(=O)(NCC1CN(Cc2ccccc2)CCO1)c1ccccc1OC(F)F. The van der Waals surface area contributed by atoms with Crippen LogP contribution in [0.2, 0.25) is 0 Å². The van der Waals surface area contributed by atoms with Gasteiger partial charge in [0.15, 0.2) is 0 Å². The molecule has 3 rings (SSSR count). The Hall–Kier alpha value is -2.07. The van der Waals surface area contributed by atoms with Crippen molar-refractivity contribution in [3.63, 3.8) is 0 Å². The summed E-state index contributed by atoms with van der Waals surface area (Å²) in [5.41, 5.74) is 1.17. The number of nitrogens with zero attached hydrogens (tertiary/aromatic N) is 1. The Kier molecular flexibility index (Phi) is 6.95. The number of para-hydroxylation sites is 1. The molecule has 1 atom stereocenters. The molecule has 2 aromatic rings. The van der Waals surface area contributed by atoms with Gasteiger partial charge < -0.3 is 9.47 Å². The van der Waals surface area contributed by atoms with E-state index in [1.54, 1.807) is 0 Å². The van der Waals surface area contributed by atoms with Crippen molar-refractivity contribution in [1.29, 1.82) is 0 Å². The summed E-state index contributed by atoms with van der Waals surface area (Å²) >= 11 is 0. The molecule has 1 heterocycles. The number of morpholine rings is 1. The van der Waals surface area contributed by atoms with Gasteiger partial charge >= 0.3 is 6.61 Å². The van der Waals surface area contributed by atoms with Crippen LogP contribution in [0.25, 0.3) is 0 Å². The van der Waals surface area contributed by atoms with Crippen LogP contribution >= 0.6 is 0 Å². The summed E-state index contributed by atoms with van der Waals surface area (Å²) in [6, 6.07) is 15.3. The van der Waals surface area contributed by atoms with E-state index in [2.05, 4.69) is 14.4 Å². The van der Waals surface area contributed by atoms with Crippen LogP contribution in [0.15, 0.2) is 59.5 Å². The first-order valence-corrected chi connectivity index (χ1v) is 10.3. The van der Waals surface area contributed by atoms with Gasteiger partial charge in [0.25, 0.3) is 0 Å². The maximum absolute atomic E-state index is 12.5. The molecule has 28 heavy (non-hydrogen) atoms. The van der Waals surface area contributed by atoms with Gasteiger partial charge in [0, 0.05) is 26.2 Å². The van der Waals surface area contributed by atoms with Crippen molar-refractivity contribution in [3.05, 3.63) is 60.2 Å². The number of alkyl halides is 2. The zero-order chi connectivity index (χ0) is 20.0. The Labute approximate surface area is 163 Å². The molecule has 6 nitrogen and oxygen atoms in total. The second kappa shape index (κ2) is 9.42. The fourth-order valence-electron chi connectivity index (χ4n) is 3.04. The van der Waals surface area contributed by atoms with Crippen LogP contribution in [-0.2, 0) is 21.3 Å². The summed E-state index contributed by atoms with van der Waals surface area (Å²) in [5, 5.41) is 0. The number of halogens is 2. The average Bonchev–Trinajstić information content (AvgIpc) is 2.67. The average molecular weight is 412 g/mol. The minimum absolute atomic E-state index is 0.0383. The first-order chi connectivity index (χ1) is 13.4. The maximum Gasteiger partial charge on any atom is 0.387 e. The Morgan fingerprint density at radius 1 is 1.14 bits per heavy atom. The van der Waals surface area contributed by atoms with Crippen LogP contribution in [0.1, 0.15) is 5.56 Å². The van der Waals surface area contributed by atoms with Crippen molar-refractivity contribution in [1.82, 2.24) is 9.62 Å². The van der Waals surface area contributed by atoms with E-state index in [-0.39, 0.29) is 23.3 Å². The number of ether oxygens (including phenoxy) is 2. The lowest BCUT2D eigenvalue weighted by atomic mass is 10.2. The maximum atomic E-state index is 12.5. The van der Waals surface area contributed by atoms with E-state index in [4.69, 9.17) is 4.74 Å². The Bertz CT molecular complexity index is 865. The molecule has 0 bridgehead atoms. The first kappa shape index (κ1) is 20.7. The smallest absolute Gasteiger partial charge is 0.387 e.